The highest BCUT2D eigenvalue weighted by Crippen LogP contribution is 2.33. The molecule has 0 saturated carbocycles. The highest BCUT2D eigenvalue weighted by atomic mass is 16.8. The second kappa shape index (κ2) is 29.9. The summed E-state index contributed by atoms with van der Waals surface area (Å²) >= 11 is 0. The quantitative estimate of drug-likeness (QED) is 0.0320. The van der Waals surface area contributed by atoms with Crippen molar-refractivity contribution in [2.45, 2.75) is 227 Å². The van der Waals surface area contributed by atoms with Crippen molar-refractivity contribution < 1.29 is 89.4 Å². The second-order valence-corrected chi connectivity index (χ2v) is 17.0. The lowest BCUT2D eigenvalue weighted by molar-refractivity contribution is -0.379. The molecule has 19 nitrogen and oxygen atoms in total. The van der Waals surface area contributed by atoms with Crippen LogP contribution in [0.4, 0.5) is 0 Å². The van der Waals surface area contributed by atoms with Gasteiger partial charge in [0.1, 0.15) is 73.2 Å². The number of aliphatic hydroxyl groups excluding tert-OH is 11. The van der Waals surface area contributed by atoms with Crippen molar-refractivity contribution in [2.75, 3.05) is 26.4 Å². The molecule has 62 heavy (non-hydrogen) atoms. The number of nitrogens with one attached hydrogen (secondary N) is 1. The SMILES string of the molecule is CCCCCCCCCCCCCCCCCC/C=C/C(O)C(COC1OC(CO)C(OC2OC(CO)C(OC3OC(CO)C(O)C(O)C3O)C(O)C2O)C(O)C1O)NC(C)=O. The molecule has 3 heterocycles. The number of amides is 1. The largest absolute Gasteiger partial charge is 0.394 e. The van der Waals surface area contributed by atoms with Crippen molar-refractivity contribution in [3.8, 4) is 0 Å². The third-order valence-corrected chi connectivity index (χ3v) is 11.9. The number of carbonyl (C=O) groups is 1. The highest BCUT2D eigenvalue weighted by molar-refractivity contribution is 5.73. The molecule has 3 aliphatic rings. The van der Waals surface area contributed by atoms with Crippen LogP contribution in [0.3, 0.4) is 0 Å². The van der Waals surface area contributed by atoms with Crippen LogP contribution >= 0.6 is 0 Å². The summed E-state index contributed by atoms with van der Waals surface area (Å²) in [5, 5.41) is 118. The van der Waals surface area contributed by atoms with Gasteiger partial charge in [-0.3, -0.25) is 4.79 Å². The number of rotatable bonds is 30. The molecule has 0 aromatic carbocycles. The van der Waals surface area contributed by atoms with Gasteiger partial charge in [-0.05, 0) is 12.8 Å². The van der Waals surface area contributed by atoms with E-state index in [4.69, 9.17) is 28.4 Å². The lowest BCUT2D eigenvalue weighted by Crippen LogP contribution is -2.66. The third-order valence-electron chi connectivity index (χ3n) is 11.9. The van der Waals surface area contributed by atoms with Crippen LogP contribution in [0.15, 0.2) is 12.2 Å². The minimum Gasteiger partial charge on any atom is -0.394 e. The molecule has 17 atom stereocenters. The minimum atomic E-state index is -1.97. The molecule has 1 amide bonds. The van der Waals surface area contributed by atoms with Gasteiger partial charge in [-0.1, -0.05) is 115 Å². The van der Waals surface area contributed by atoms with Gasteiger partial charge in [0.25, 0.3) is 0 Å². The van der Waals surface area contributed by atoms with Gasteiger partial charge >= 0.3 is 0 Å². The number of hydrogen-bond donors (Lipinski definition) is 12. The van der Waals surface area contributed by atoms with Crippen LogP contribution < -0.4 is 5.32 Å². The molecule has 0 bridgehead atoms. The maximum Gasteiger partial charge on any atom is 0.217 e. The van der Waals surface area contributed by atoms with Gasteiger partial charge < -0.3 is 89.9 Å². The maximum atomic E-state index is 12.0. The standard InChI is InChI=1S/C43H79NO18/c1-3-4-5-6-7-8-9-10-11-12-13-14-15-16-17-18-19-20-21-28(49)27(44-26(2)48)25-57-41-37(55)34(52)39(30(23-46)59-41)62-43-38(56)35(53)40(31(24-47)60-43)61-42-36(54)33(51)32(50)29(22-45)58-42/h20-21,27-43,45-47,49-56H,3-19,22-25H2,1-2H3,(H,44,48)/b21-20+. The first-order valence-corrected chi connectivity index (χ1v) is 22.9. The van der Waals surface area contributed by atoms with Gasteiger partial charge in [0, 0.05) is 6.92 Å². The Morgan fingerprint density at radius 2 is 0.968 bits per heavy atom. The summed E-state index contributed by atoms with van der Waals surface area (Å²) < 4.78 is 33.6. The van der Waals surface area contributed by atoms with E-state index in [1.165, 1.54) is 90.4 Å². The summed E-state index contributed by atoms with van der Waals surface area (Å²) in [6, 6.07) is -0.968. The van der Waals surface area contributed by atoms with E-state index in [0.717, 1.165) is 25.7 Å². The third kappa shape index (κ3) is 17.4. The summed E-state index contributed by atoms with van der Waals surface area (Å²) in [4.78, 5) is 12.0. The number of unbranched alkanes of at least 4 members (excludes halogenated alkanes) is 16. The number of ether oxygens (including phenoxy) is 6. The molecule has 19 heteroatoms. The van der Waals surface area contributed by atoms with E-state index in [9.17, 15) is 61.0 Å². The number of allylic oxidation sites excluding steroid dienone is 1. The van der Waals surface area contributed by atoms with E-state index in [2.05, 4.69) is 12.2 Å². The fraction of sp³-hybridized carbons (Fsp3) is 0.930. The van der Waals surface area contributed by atoms with Crippen LogP contribution in [-0.2, 0) is 33.2 Å². The number of hydrogen-bond acceptors (Lipinski definition) is 18. The molecule has 0 aromatic heterocycles. The van der Waals surface area contributed by atoms with Gasteiger partial charge in [-0.25, -0.2) is 0 Å². The summed E-state index contributed by atoms with van der Waals surface area (Å²) in [7, 11) is 0. The van der Waals surface area contributed by atoms with Crippen LogP contribution in [0.25, 0.3) is 0 Å². The number of aliphatic hydroxyl groups is 11. The minimum absolute atomic E-state index is 0.368. The van der Waals surface area contributed by atoms with Crippen LogP contribution in [0.2, 0.25) is 0 Å². The molecule has 3 rings (SSSR count). The van der Waals surface area contributed by atoms with Crippen molar-refractivity contribution in [3.05, 3.63) is 12.2 Å². The smallest absolute Gasteiger partial charge is 0.217 e. The van der Waals surface area contributed by atoms with E-state index < -0.39 is 130 Å². The van der Waals surface area contributed by atoms with E-state index in [-0.39, 0.29) is 6.61 Å². The molecule has 0 aromatic rings. The highest BCUT2D eigenvalue weighted by Gasteiger charge is 2.53. The molecule has 3 aliphatic heterocycles. The Kier molecular flexibility index (Phi) is 26.5. The summed E-state index contributed by atoms with van der Waals surface area (Å²) in [6.07, 6.45) is -2.23. The van der Waals surface area contributed by atoms with Crippen molar-refractivity contribution >= 4 is 5.91 Å². The molecular weight excluding hydrogens is 818 g/mol. The zero-order valence-electron chi connectivity index (χ0n) is 36.6. The van der Waals surface area contributed by atoms with Gasteiger partial charge in [-0.2, -0.15) is 0 Å². The van der Waals surface area contributed by atoms with Gasteiger partial charge in [0.2, 0.25) is 5.91 Å². The van der Waals surface area contributed by atoms with Crippen molar-refractivity contribution in [2.24, 2.45) is 0 Å². The van der Waals surface area contributed by atoms with Crippen LogP contribution in [0.5, 0.6) is 0 Å². The van der Waals surface area contributed by atoms with Gasteiger partial charge in [0.05, 0.1) is 38.6 Å². The first-order valence-electron chi connectivity index (χ1n) is 22.9. The van der Waals surface area contributed by atoms with Gasteiger partial charge in [-0.15, -0.1) is 0 Å². The first-order chi connectivity index (χ1) is 29.8. The normalized spacial score (nSPS) is 35.3. The Balaban J connectivity index is 1.42. The molecule has 0 spiro atoms. The number of carbonyl (C=O) groups excluding carboxylic acids is 1. The zero-order valence-corrected chi connectivity index (χ0v) is 36.6. The van der Waals surface area contributed by atoms with E-state index in [1.54, 1.807) is 6.08 Å². The maximum absolute atomic E-state index is 12.0. The van der Waals surface area contributed by atoms with Crippen molar-refractivity contribution in [3.63, 3.8) is 0 Å². The average molecular weight is 898 g/mol. The average Bonchev–Trinajstić information content (AvgIpc) is 3.26. The molecule has 0 aliphatic carbocycles. The zero-order chi connectivity index (χ0) is 45.6. The Labute approximate surface area is 365 Å². The predicted molar refractivity (Wildman–Crippen MR) is 222 cm³/mol. The van der Waals surface area contributed by atoms with Gasteiger partial charge in [0.15, 0.2) is 18.9 Å². The van der Waals surface area contributed by atoms with E-state index >= 15 is 0 Å². The monoisotopic (exact) mass is 898 g/mol. The Hall–Kier alpha value is -1.47. The van der Waals surface area contributed by atoms with E-state index in [0.29, 0.717) is 0 Å². The van der Waals surface area contributed by atoms with Crippen molar-refractivity contribution in [1.29, 1.82) is 0 Å². The molecule has 3 saturated heterocycles. The molecule has 17 unspecified atom stereocenters. The summed E-state index contributed by atoms with van der Waals surface area (Å²) in [6.45, 7) is 0.729. The lowest BCUT2D eigenvalue weighted by atomic mass is 9.96. The van der Waals surface area contributed by atoms with E-state index in [1.807, 2.05) is 6.08 Å². The fourth-order valence-electron chi connectivity index (χ4n) is 8.05. The van der Waals surface area contributed by atoms with Crippen LogP contribution in [0.1, 0.15) is 123 Å². The predicted octanol–water partition coefficient (Wildman–Crippen LogP) is -0.475. The second-order valence-electron chi connectivity index (χ2n) is 17.0. The molecule has 12 N–H and O–H groups in total. The molecule has 3 fully saturated rings. The Morgan fingerprint density at radius 1 is 0.565 bits per heavy atom. The topological polar surface area (TPSA) is 307 Å². The summed E-state index contributed by atoms with van der Waals surface area (Å²) in [5.74, 6) is -0.453. The Bertz CT molecular complexity index is 1220. The first kappa shape index (κ1) is 54.9. The fourth-order valence-corrected chi connectivity index (χ4v) is 8.05. The summed E-state index contributed by atoms with van der Waals surface area (Å²) in [5.41, 5.74) is 0. The van der Waals surface area contributed by atoms with Crippen LogP contribution in [0, 0.1) is 0 Å². The molecule has 0 radical (unpaired) electrons. The van der Waals surface area contributed by atoms with Crippen LogP contribution in [-0.4, -0.2) is 193 Å². The Morgan fingerprint density at radius 3 is 1.42 bits per heavy atom. The molecule has 364 valence electrons. The lowest BCUT2D eigenvalue weighted by Gasteiger charge is -2.48. The van der Waals surface area contributed by atoms with Crippen molar-refractivity contribution in [1.82, 2.24) is 5.32 Å². The molecular formula is C43H79NO18.